The van der Waals surface area contributed by atoms with Gasteiger partial charge in [0.05, 0.1) is 5.56 Å². The zero-order chi connectivity index (χ0) is 27.6. The summed E-state index contributed by atoms with van der Waals surface area (Å²) in [5.41, 5.74) is 4.51. The molecular weight excluding hydrogens is 512 g/mol. The highest BCUT2D eigenvalue weighted by atomic mass is 35.5. The van der Waals surface area contributed by atoms with Gasteiger partial charge in [0.1, 0.15) is 17.0 Å². The second kappa shape index (κ2) is 13.7. The number of benzene rings is 2. The standard InChI is InChI=1S/C31H33ClN4O3/c1-21(37)11-4-2-7-17-27(36-30(38)25-15-10-19-33-29(25)32)31(39)34-20-18-24-23-14-8-9-16-26(23)35-28(24)22-12-5-3-6-13-22/h3,5-6,8-10,12-16,19,27,35H,2,4,7,11,17-18,20H2,1H3,(H,34,39)(H,36,38)/t27-/m0/s1. The van der Waals surface area contributed by atoms with Gasteiger partial charge in [0.15, 0.2) is 0 Å². The minimum Gasteiger partial charge on any atom is -0.354 e. The quantitative estimate of drug-likeness (QED) is 0.144. The van der Waals surface area contributed by atoms with Crippen molar-refractivity contribution in [1.82, 2.24) is 20.6 Å². The van der Waals surface area contributed by atoms with Crippen LogP contribution in [-0.2, 0) is 16.0 Å². The number of aromatic amines is 1. The van der Waals surface area contributed by atoms with Crippen molar-refractivity contribution in [2.45, 2.75) is 51.5 Å². The van der Waals surface area contributed by atoms with E-state index in [1.54, 1.807) is 19.1 Å². The van der Waals surface area contributed by atoms with Crippen molar-refractivity contribution in [3.63, 3.8) is 0 Å². The van der Waals surface area contributed by atoms with E-state index in [9.17, 15) is 14.4 Å². The largest absolute Gasteiger partial charge is 0.354 e. The number of hydrogen-bond acceptors (Lipinski definition) is 4. The molecule has 0 radical (unpaired) electrons. The highest BCUT2D eigenvalue weighted by molar-refractivity contribution is 6.32. The van der Waals surface area contributed by atoms with Crippen molar-refractivity contribution < 1.29 is 14.4 Å². The van der Waals surface area contributed by atoms with Gasteiger partial charge in [0.2, 0.25) is 5.91 Å². The third-order valence-electron chi connectivity index (χ3n) is 6.70. The zero-order valence-corrected chi connectivity index (χ0v) is 22.8. The number of nitrogens with zero attached hydrogens (tertiary/aromatic N) is 1. The molecule has 1 atom stereocenters. The van der Waals surface area contributed by atoms with Gasteiger partial charge in [0, 0.05) is 35.8 Å². The Hall–Kier alpha value is -3.97. The van der Waals surface area contributed by atoms with Gasteiger partial charge in [-0.1, -0.05) is 73.0 Å². The fourth-order valence-corrected chi connectivity index (χ4v) is 4.91. The van der Waals surface area contributed by atoms with Crippen LogP contribution in [0.2, 0.25) is 5.15 Å². The number of pyridine rings is 1. The molecule has 39 heavy (non-hydrogen) atoms. The van der Waals surface area contributed by atoms with E-state index in [2.05, 4.69) is 38.8 Å². The van der Waals surface area contributed by atoms with E-state index in [1.165, 1.54) is 6.20 Å². The molecule has 4 aromatic rings. The number of carbonyl (C=O) groups excluding carboxylic acids is 3. The molecule has 3 N–H and O–H groups in total. The first-order chi connectivity index (χ1) is 18.9. The number of amides is 2. The molecule has 0 fully saturated rings. The number of nitrogens with one attached hydrogen (secondary N) is 3. The molecule has 0 bridgehead atoms. The van der Waals surface area contributed by atoms with Gasteiger partial charge < -0.3 is 20.4 Å². The molecule has 0 aliphatic heterocycles. The minimum absolute atomic E-state index is 0.0865. The predicted molar refractivity (Wildman–Crippen MR) is 155 cm³/mol. The summed E-state index contributed by atoms with van der Waals surface area (Å²) in [5.74, 6) is -0.549. The van der Waals surface area contributed by atoms with E-state index >= 15 is 0 Å². The summed E-state index contributed by atoms with van der Waals surface area (Å²) in [4.78, 5) is 44.9. The lowest BCUT2D eigenvalue weighted by Crippen LogP contribution is -2.47. The third-order valence-corrected chi connectivity index (χ3v) is 7.00. The number of Topliss-reactive ketones (excluding diaryl/α,β-unsaturated/α-hetero) is 1. The molecule has 0 saturated heterocycles. The summed E-state index contributed by atoms with van der Waals surface area (Å²) in [5, 5.41) is 7.06. The smallest absolute Gasteiger partial charge is 0.255 e. The maximum absolute atomic E-state index is 13.3. The molecule has 2 aromatic heterocycles. The Morgan fingerprint density at radius 2 is 1.72 bits per heavy atom. The maximum Gasteiger partial charge on any atom is 0.255 e. The molecule has 7 nitrogen and oxygen atoms in total. The van der Waals surface area contributed by atoms with E-state index in [0.29, 0.717) is 32.2 Å². The van der Waals surface area contributed by atoms with Crippen molar-refractivity contribution in [2.75, 3.05) is 6.54 Å². The minimum atomic E-state index is -0.734. The van der Waals surface area contributed by atoms with Crippen molar-refractivity contribution in [3.05, 3.63) is 89.2 Å². The van der Waals surface area contributed by atoms with Crippen molar-refractivity contribution in [2.24, 2.45) is 0 Å². The van der Waals surface area contributed by atoms with Crippen LogP contribution in [0.1, 0.15) is 54.9 Å². The van der Waals surface area contributed by atoms with E-state index in [0.717, 1.165) is 40.6 Å². The summed E-state index contributed by atoms with van der Waals surface area (Å²) >= 11 is 6.10. The molecule has 0 spiro atoms. The Labute approximate surface area is 233 Å². The number of para-hydroxylation sites is 1. The Morgan fingerprint density at radius 1 is 0.949 bits per heavy atom. The lowest BCUT2D eigenvalue weighted by Gasteiger charge is -2.19. The van der Waals surface area contributed by atoms with Crippen LogP contribution in [-0.4, -0.2) is 40.2 Å². The maximum atomic E-state index is 13.3. The molecule has 2 heterocycles. The summed E-state index contributed by atoms with van der Waals surface area (Å²) in [6.07, 6.45) is 5.35. The fourth-order valence-electron chi connectivity index (χ4n) is 4.70. The molecule has 2 amide bonds. The molecule has 8 heteroatoms. The Balaban J connectivity index is 1.44. The first-order valence-corrected chi connectivity index (χ1v) is 13.7. The SMILES string of the molecule is CC(=O)CCCCC[C@H](NC(=O)c1cccnc1Cl)C(=O)NCCc1c(-c2ccccc2)[nH]c2ccccc12. The van der Waals surface area contributed by atoms with E-state index in [-0.39, 0.29) is 22.4 Å². The number of hydrogen-bond donors (Lipinski definition) is 3. The molecule has 202 valence electrons. The average Bonchev–Trinajstić information content (AvgIpc) is 3.31. The number of halogens is 1. The van der Waals surface area contributed by atoms with Crippen molar-refractivity contribution >= 4 is 40.1 Å². The number of aromatic nitrogens is 2. The van der Waals surface area contributed by atoms with Crippen LogP contribution >= 0.6 is 11.6 Å². The van der Waals surface area contributed by atoms with Gasteiger partial charge in [-0.3, -0.25) is 9.59 Å². The normalized spacial score (nSPS) is 11.7. The van der Waals surface area contributed by atoms with Crippen molar-refractivity contribution in [1.29, 1.82) is 0 Å². The first-order valence-electron chi connectivity index (χ1n) is 13.3. The van der Waals surface area contributed by atoms with Crippen LogP contribution in [0.3, 0.4) is 0 Å². The highest BCUT2D eigenvalue weighted by Crippen LogP contribution is 2.30. The first kappa shape index (κ1) is 28.0. The molecule has 0 aliphatic carbocycles. The third kappa shape index (κ3) is 7.54. The van der Waals surface area contributed by atoms with Crippen LogP contribution in [0.25, 0.3) is 22.2 Å². The van der Waals surface area contributed by atoms with E-state index in [1.807, 2.05) is 36.4 Å². The number of unbranched alkanes of at least 4 members (excludes halogenated alkanes) is 2. The second-order valence-electron chi connectivity index (χ2n) is 9.60. The molecule has 0 aliphatic rings. The van der Waals surface area contributed by atoms with E-state index in [4.69, 9.17) is 11.6 Å². The van der Waals surface area contributed by atoms with Gasteiger partial charge >= 0.3 is 0 Å². The molecule has 4 rings (SSSR count). The number of carbonyl (C=O) groups is 3. The van der Waals surface area contributed by atoms with Gasteiger partial charge in [-0.25, -0.2) is 4.98 Å². The zero-order valence-electron chi connectivity index (χ0n) is 22.0. The number of rotatable bonds is 13. The monoisotopic (exact) mass is 544 g/mol. The van der Waals surface area contributed by atoms with Gasteiger partial charge in [0.25, 0.3) is 5.91 Å². The summed E-state index contributed by atoms with van der Waals surface area (Å²) in [6, 6.07) is 20.7. The van der Waals surface area contributed by atoms with Crippen LogP contribution in [0.5, 0.6) is 0 Å². The molecular formula is C31H33ClN4O3. The van der Waals surface area contributed by atoms with Crippen LogP contribution in [0.4, 0.5) is 0 Å². The summed E-state index contributed by atoms with van der Waals surface area (Å²) < 4.78 is 0. The van der Waals surface area contributed by atoms with Crippen LogP contribution in [0, 0.1) is 0 Å². The number of fused-ring (bicyclic) bond motifs is 1. The van der Waals surface area contributed by atoms with Gasteiger partial charge in [-0.2, -0.15) is 0 Å². The Bertz CT molecular complexity index is 1430. The lowest BCUT2D eigenvalue weighted by atomic mass is 10.0. The Kier molecular flexibility index (Phi) is 9.86. The summed E-state index contributed by atoms with van der Waals surface area (Å²) in [7, 11) is 0. The van der Waals surface area contributed by atoms with Crippen LogP contribution in [0.15, 0.2) is 72.9 Å². The fraction of sp³-hybridized carbons (Fsp3) is 0.290. The van der Waals surface area contributed by atoms with Gasteiger partial charge in [-0.15, -0.1) is 0 Å². The number of H-pyrrole nitrogens is 1. The molecule has 0 unspecified atom stereocenters. The average molecular weight is 545 g/mol. The highest BCUT2D eigenvalue weighted by Gasteiger charge is 2.23. The van der Waals surface area contributed by atoms with E-state index < -0.39 is 11.9 Å². The molecule has 0 saturated carbocycles. The topological polar surface area (TPSA) is 104 Å². The van der Waals surface area contributed by atoms with Crippen molar-refractivity contribution in [3.8, 4) is 11.3 Å². The lowest BCUT2D eigenvalue weighted by molar-refractivity contribution is -0.123. The van der Waals surface area contributed by atoms with Gasteiger partial charge in [-0.05, 0) is 55.5 Å². The summed E-state index contributed by atoms with van der Waals surface area (Å²) in [6.45, 7) is 1.98. The molecule has 2 aromatic carbocycles. The number of ketones is 1. The Morgan fingerprint density at radius 3 is 2.49 bits per heavy atom. The van der Waals surface area contributed by atoms with Crippen LogP contribution < -0.4 is 10.6 Å². The second-order valence-corrected chi connectivity index (χ2v) is 9.96. The predicted octanol–water partition coefficient (Wildman–Crippen LogP) is 5.88.